The van der Waals surface area contributed by atoms with Crippen molar-refractivity contribution < 1.29 is 5.11 Å². The van der Waals surface area contributed by atoms with Crippen molar-refractivity contribution in [1.82, 2.24) is 10.2 Å². The van der Waals surface area contributed by atoms with Crippen molar-refractivity contribution in [1.29, 1.82) is 0 Å². The third kappa shape index (κ3) is 3.71. The van der Waals surface area contributed by atoms with Gasteiger partial charge in [-0.1, -0.05) is 6.07 Å². The summed E-state index contributed by atoms with van der Waals surface area (Å²) in [5.74, 6) is 1.17. The highest BCUT2D eigenvalue weighted by molar-refractivity contribution is 5.43. The number of phenolic OH excluding ortho intramolecular Hbond substituents is 1. The summed E-state index contributed by atoms with van der Waals surface area (Å²) in [6.07, 6.45) is 3.72. The largest absolute Gasteiger partial charge is 0.508 e. The monoisotopic (exact) mass is 262 g/mol. The molecule has 3 nitrogen and oxygen atoms in total. The number of aromatic hydroxyl groups is 1. The minimum Gasteiger partial charge on any atom is -0.508 e. The van der Waals surface area contributed by atoms with E-state index in [1.165, 1.54) is 24.0 Å². The van der Waals surface area contributed by atoms with Gasteiger partial charge in [-0.25, -0.2) is 0 Å². The van der Waals surface area contributed by atoms with Crippen LogP contribution in [0.5, 0.6) is 5.75 Å². The van der Waals surface area contributed by atoms with Crippen molar-refractivity contribution in [3.8, 4) is 5.75 Å². The minimum atomic E-state index is 0.428. The number of rotatable bonds is 4. The molecule has 2 N–H and O–H groups in total. The maximum atomic E-state index is 10.0. The molecule has 1 aliphatic heterocycles. The molecular weight excluding hydrogens is 236 g/mol. The number of nitrogens with zero attached hydrogens (tertiary/aromatic N) is 1. The molecule has 1 heterocycles. The number of benzene rings is 1. The topological polar surface area (TPSA) is 35.5 Å². The van der Waals surface area contributed by atoms with Gasteiger partial charge in [0.1, 0.15) is 5.75 Å². The molecule has 1 unspecified atom stereocenters. The zero-order valence-electron chi connectivity index (χ0n) is 12.4. The van der Waals surface area contributed by atoms with Crippen LogP contribution in [0.3, 0.4) is 0 Å². The van der Waals surface area contributed by atoms with Crippen LogP contribution >= 0.6 is 0 Å². The lowest BCUT2D eigenvalue weighted by molar-refractivity contribution is 0.372. The molecule has 0 aromatic heterocycles. The van der Waals surface area contributed by atoms with Gasteiger partial charge in [-0.05, 0) is 76.5 Å². The first-order valence-electron chi connectivity index (χ1n) is 7.23. The number of piperidine rings is 1. The van der Waals surface area contributed by atoms with Gasteiger partial charge in [0, 0.05) is 12.1 Å². The van der Waals surface area contributed by atoms with E-state index in [0.717, 1.165) is 37.5 Å². The van der Waals surface area contributed by atoms with Crippen molar-refractivity contribution in [3.63, 3.8) is 0 Å². The Bertz CT molecular complexity index is 423. The molecule has 1 fully saturated rings. The minimum absolute atomic E-state index is 0.428. The van der Waals surface area contributed by atoms with E-state index in [2.05, 4.69) is 23.2 Å². The molecule has 3 heteroatoms. The predicted molar refractivity (Wildman–Crippen MR) is 79.5 cm³/mol. The summed E-state index contributed by atoms with van der Waals surface area (Å²) in [4.78, 5) is 2.11. The van der Waals surface area contributed by atoms with Gasteiger partial charge >= 0.3 is 0 Å². The van der Waals surface area contributed by atoms with Gasteiger partial charge in [-0.2, -0.15) is 0 Å². The molecule has 0 spiro atoms. The molecule has 1 saturated heterocycles. The molecule has 0 saturated carbocycles. The Morgan fingerprint density at radius 2 is 2.16 bits per heavy atom. The zero-order chi connectivity index (χ0) is 13.8. The van der Waals surface area contributed by atoms with Crippen LogP contribution in [0.2, 0.25) is 0 Å². The number of phenols is 1. The lowest BCUT2D eigenvalue weighted by atomic mass is 9.89. The summed E-state index contributed by atoms with van der Waals surface area (Å²) in [6, 6.07) is 3.95. The van der Waals surface area contributed by atoms with Crippen LogP contribution in [0, 0.1) is 12.8 Å². The highest BCUT2D eigenvalue weighted by Crippen LogP contribution is 2.27. The molecule has 0 amide bonds. The summed E-state index contributed by atoms with van der Waals surface area (Å²) in [5, 5.41) is 13.5. The highest BCUT2D eigenvalue weighted by atomic mass is 16.3. The summed E-state index contributed by atoms with van der Waals surface area (Å²) in [5.41, 5.74) is 3.73. The van der Waals surface area contributed by atoms with E-state index in [1.54, 1.807) is 0 Å². The Hall–Kier alpha value is -1.06. The fourth-order valence-corrected chi connectivity index (χ4v) is 2.94. The van der Waals surface area contributed by atoms with Crippen molar-refractivity contribution in [3.05, 3.63) is 28.8 Å². The van der Waals surface area contributed by atoms with Gasteiger partial charge in [0.2, 0.25) is 0 Å². The first kappa shape index (κ1) is 14.4. The Kier molecular flexibility index (Phi) is 4.83. The molecule has 1 aliphatic rings. The maximum Gasteiger partial charge on any atom is 0.120 e. The molecule has 1 aromatic carbocycles. The summed E-state index contributed by atoms with van der Waals surface area (Å²) in [7, 11) is 4.08. The second-order valence-corrected chi connectivity index (χ2v) is 6.00. The van der Waals surface area contributed by atoms with Crippen LogP contribution < -0.4 is 5.32 Å². The molecule has 106 valence electrons. The average Bonchev–Trinajstić information content (AvgIpc) is 2.39. The summed E-state index contributed by atoms with van der Waals surface area (Å²) in [6.45, 7) is 5.23. The van der Waals surface area contributed by atoms with Crippen LogP contribution in [0.4, 0.5) is 0 Å². The second kappa shape index (κ2) is 6.40. The van der Waals surface area contributed by atoms with Crippen LogP contribution in [-0.4, -0.2) is 37.2 Å². The van der Waals surface area contributed by atoms with E-state index in [4.69, 9.17) is 0 Å². The van der Waals surface area contributed by atoms with Gasteiger partial charge in [-0.15, -0.1) is 0 Å². The SMILES string of the molecule is Cc1c(CC2CCCNC2)ccc(O)c1CN(C)C. The number of hydrogen-bond donors (Lipinski definition) is 2. The molecule has 1 atom stereocenters. The number of hydrogen-bond acceptors (Lipinski definition) is 3. The smallest absolute Gasteiger partial charge is 0.120 e. The van der Waals surface area contributed by atoms with E-state index in [9.17, 15) is 5.11 Å². The van der Waals surface area contributed by atoms with Crippen LogP contribution in [-0.2, 0) is 13.0 Å². The zero-order valence-corrected chi connectivity index (χ0v) is 12.4. The van der Waals surface area contributed by atoms with Crippen molar-refractivity contribution in [2.45, 2.75) is 32.7 Å². The van der Waals surface area contributed by atoms with Crippen LogP contribution in [0.1, 0.15) is 29.5 Å². The Balaban J connectivity index is 2.16. The first-order valence-corrected chi connectivity index (χ1v) is 7.23. The van der Waals surface area contributed by atoms with Crippen LogP contribution in [0.15, 0.2) is 12.1 Å². The number of nitrogens with one attached hydrogen (secondary N) is 1. The van der Waals surface area contributed by atoms with E-state index in [-0.39, 0.29) is 0 Å². The quantitative estimate of drug-likeness (QED) is 0.874. The van der Waals surface area contributed by atoms with Crippen LogP contribution in [0.25, 0.3) is 0 Å². The average molecular weight is 262 g/mol. The van der Waals surface area contributed by atoms with Crippen molar-refractivity contribution in [2.24, 2.45) is 5.92 Å². The summed E-state index contributed by atoms with van der Waals surface area (Å²) >= 11 is 0. The Morgan fingerprint density at radius 1 is 1.37 bits per heavy atom. The normalized spacial score (nSPS) is 19.9. The van der Waals surface area contributed by atoms with Gasteiger partial charge in [-0.3, -0.25) is 0 Å². The maximum absolute atomic E-state index is 10.0. The van der Waals surface area contributed by atoms with E-state index < -0.39 is 0 Å². The first-order chi connectivity index (χ1) is 9.08. The fraction of sp³-hybridized carbons (Fsp3) is 0.625. The third-order valence-corrected chi connectivity index (χ3v) is 4.07. The molecule has 2 rings (SSSR count). The molecule has 0 radical (unpaired) electrons. The highest BCUT2D eigenvalue weighted by Gasteiger charge is 2.16. The second-order valence-electron chi connectivity index (χ2n) is 6.00. The van der Waals surface area contributed by atoms with Gasteiger partial charge in [0.05, 0.1) is 0 Å². The molecule has 1 aromatic rings. The Morgan fingerprint density at radius 3 is 2.79 bits per heavy atom. The van der Waals surface area contributed by atoms with Gasteiger partial charge < -0.3 is 15.3 Å². The van der Waals surface area contributed by atoms with Gasteiger partial charge in [0.15, 0.2) is 0 Å². The standard InChI is InChI=1S/C16H26N2O/c1-12-14(9-13-5-4-8-17-10-13)6-7-16(19)15(12)11-18(2)3/h6-7,13,17,19H,4-5,8-11H2,1-3H3. The predicted octanol–water partition coefficient (Wildman–Crippen LogP) is 2.30. The van der Waals surface area contributed by atoms with Crippen molar-refractivity contribution >= 4 is 0 Å². The van der Waals surface area contributed by atoms with E-state index in [0.29, 0.717) is 5.75 Å². The van der Waals surface area contributed by atoms with E-state index in [1.807, 2.05) is 20.2 Å². The lowest BCUT2D eigenvalue weighted by Gasteiger charge is -2.24. The molecule has 0 aliphatic carbocycles. The third-order valence-electron chi connectivity index (χ3n) is 4.07. The Labute approximate surface area is 116 Å². The molecule has 0 bridgehead atoms. The fourth-order valence-electron chi connectivity index (χ4n) is 2.94. The summed E-state index contributed by atoms with van der Waals surface area (Å²) < 4.78 is 0. The lowest BCUT2D eigenvalue weighted by Crippen LogP contribution is -2.31. The molecular formula is C16H26N2O. The van der Waals surface area contributed by atoms with Gasteiger partial charge in [0.25, 0.3) is 0 Å². The van der Waals surface area contributed by atoms with Crippen molar-refractivity contribution in [2.75, 3.05) is 27.2 Å². The molecule has 19 heavy (non-hydrogen) atoms. The van der Waals surface area contributed by atoms with E-state index >= 15 is 0 Å².